The van der Waals surface area contributed by atoms with Gasteiger partial charge < -0.3 is 10.0 Å². The Balaban J connectivity index is 2.66. The van der Waals surface area contributed by atoms with Gasteiger partial charge in [-0.15, -0.1) is 11.3 Å². The van der Waals surface area contributed by atoms with Gasteiger partial charge in [-0.3, -0.25) is 9.59 Å². The third kappa shape index (κ3) is 5.42. The molecule has 4 nitrogen and oxygen atoms in total. The van der Waals surface area contributed by atoms with Gasteiger partial charge in [-0.2, -0.15) is 0 Å². The maximum Gasteiger partial charge on any atom is 0.308 e. The third-order valence-corrected chi connectivity index (χ3v) is 3.64. The summed E-state index contributed by atoms with van der Waals surface area (Å²) in [5, 5.41) is 10.9. The average molecular weight is 283 g/mol. The zero-order chi connectivity index (χ0) is 14.4. The summed E-state index contributed by atoms with van der Waals surface area (Å²) in [6.07, 6.45) is 0.358. The Morgan fingerprint density at radius 3 is 2.47 bits per heavy atom. The maximum absolute atomic E-state index is 12.2. The average Bonchev–Trinajstić information content (AvgIpc) is 2.79. The number of thiophene rings is 1. The monoisotopic (exact) mass is 283 g/mol. The number of rotatable bonds is 7. The zero-order valence-corrected chi connectivity index (χ0v) is 12.4. The summed E-state index contributed by atoms with van der Waals surface area (Å²) in [7, 11) is 0. The molecule has 1 unspecified atom stereocenters. The quantitative estimate of drug-likeness (QED) is 0.836. The normalized spacial score (nSPS) is 12.4. The molecular formula is C14H21NO3S. The molecule has 0 aromatic carbocycles. The van der Waals surface area contributed by atoms with Crippen molar-refractivity contribution in [3.8, 4) is 0 Å². The maximum atomic E-state index is 12.2. The van der Waals surface area contributed by atoms with E-state index in [1.54, 1.807) is 23.2 Å². The second-order valence-electron chi connectivity index (χ2n) is 5.19. The molecule has 0 saturated heterocycles. The van der Waals surface area contributed by atoms with E-state index in [1.807, 2.05) is 31.4 Å². The van der Waals surface area contributed by atoms with E-state index in [0.717, 1.165) is 4.88 Å². The minimum Gasteiger partial charge on any atom is -0.481 e. The van der Waals surface area contributed by atoms with Crippen LogP contribution in [0.1, 0.15) is 25.6 Å². The van der Waals surface area contributed by atoms with Gasteiger partial charge in [0, 0.05) is 18.0 Å². The highest BCUT2D eigenvalue weighted by molar-refractivity contribution is 7.10. The lowest BCUT2D eigenvalue weighted by atomic mass is 10.1. The van der Waals surface area contributed by atoms with Crippen LogP contribution in [0, 0.1) is 11.8 Å². The van der Waals surface area contributed by atoms with Crippen molar-refractivity contribution in [1.29, 1.82) is 0 Å². The van der Waals surface area contributed by atoms with E-state index in [-0.39, 0.29) is 12.5 Å². The number of aliphatic carboxylic acids is 1. The molecule has 0 spiro atoms. The van der Waals surface area contributed by atoms with Crippen molar-refractivity contribution in [2.45, 2.75) is 27.2 Å². The molecule has 0 aliphatic heterocycles. The Labute approximate surface area is 118 Å². The fraction of sp³-hybridized carbons (Fsp3) is 0.571. The summed E-state index contributed by atoms with van der Waals surface area (Å²) >= 11 is 1.55. The second-order valence-corrected chi connectivity index (χ2v) is 6.22. The van der Waals surface area contributed by atoms with Gasteiger partial charge >= 0.3 is 5.97 Å². The van der Waals surface area contributed by atoms with E-state index in [1.165, 1.54) is 0 Å². The van der Waals surface area contributed by atoms with Gasteiger partial charge in [-0.1, -0.05) is 26.8 Å². The molecule has 1 aromatic heterocycles. The highest BCUT2D eigenvalue weighted by atomic mass is 32.1. The first-order chi connectivity index (χ1) is 8.90. The van der Waals surface area contributed by atoms with Crippen LogP contribution in [0.2, 0.25) is 0 Å². The Hall–Kier alpha value is -1.36. The molecule has 0 radical (unpaired) electrons. The Morgan fingerprint density at radius 2 is 2.00 bits per heavy atom. The number of hydrogen-bond acceptors (Lipinski definition) is 3. The molecule has 19 heavy (non-hydrogen) atoms. The van der Waals surface area contributed by atoms with Gasteiger partial charge in [0.1, 0.15) is 0 Å². The fourth-order valence-corrected chi connectivity index (χ4v) is 2.50. The van der Waals surface area contributed by atoms with Crippen molar-refractivity contribution in [3.63, 3.8) is 0 Å². The lowest BCUT2D eigenvalue weighted by Gasteiger charge is -2.26. The van der Waals surface area contributed by atoms with E-state index < -0.39 is 11.9 Å². The van der Waals surface area contributed by atoms with Crippen molar-refractivity contribution in [1.82, 2.24) is 4.90 Å². The Kier molecular flexibility index (Phi) is 6.02. The first kappa shape index (κ1) is 15.7. The summed E-state index contributed by atoms with van der Waals surface area (Å²) in [4.78, 5) is 25.9. The van der Waals surface area contributed by atoms with E-state index in [4.69, 9.17) is 5.11 Å². The summed E-state index contributed by atoms with van der Waals surface area (Å²) < 4.78 is 0. The van der Waals surface area contributed by atoms with Crippen molar-refractivity contribution >= 4 is 23.2 Å². The number of carbonyl (C=O) groups excluding carboxylic acids is 1. The van der Waals surface area contributed by atoms with Crippen LogP contribution in [0.5, 0.6) is 0 Å². The van der Waals surface area contributed by atoms with Crippen LogP contribution < -0.4 is 0 Å². The van der Waals surface area contributed by atoms with Crippen LogP contribution >= 0.6 is 11.3 Å². The predicted molar refractivity (Wildman–Crippen MR) is 76.2 cm³/mol. The lowest BCUT2D eigenvalue weighted by molar-refractivity contribution is -0.143. The first-order valence-electron chi connectivity index (χ1n) is 6.43. The molecule has 1 amide bonds. The number of amides is 1. The molecule has 1 atom stereocenters. The summed E-state index contributed by atoms with van der Waals surface area (Å²) in [5.74, 6) is -1.07. The molecule has 0 fully saturated rings. The molecule has 1 N–H and O–H groups in total. The van der Waals surface area contributed by atoms with E-state index in [9.17, 15) is 9.59 Å². The van der Waals surface area contributed by atoms with Crippen LogP contribution in [0.4, 0.5) is 0 Å². The van der Waals surface area contributed by atoms with Crippen molar-refractivity contribution in [2.75, 3.05) is 13.1 Å². The van der Waals surface area contributed by atoms with Gasteiger partial charge in [0.2, 0.25) is 5.91 Å². The molecule has 0 saturated carbocycles. The number of carbonyl (C=O) groups is 2. The van der Waals surface area contributed by atoms with Crippen LogP contribution in [0.3, 0.4) is 0 Å². The molecule has 0 aliphatic carbocycles. The van der Waals surface area contributed by atoms with Gasteiger partial charge in [0.25, 0.3) is 0 Å². The molecule has 1 rings (SSSR count). The number of hydrogen-bond donors (Lipinski definition) is 1. The smallest absolute Gasteiger partial charge is 0.308 e. The molecular weight excluding hydrogens is 262 g/mol. The van der Waals surface area contributed by atoms with E-state index in [0.29, 0.717) is 18.9 Å². The van der Waals surface area contributed by atoms with Crippen molar-refractivity contribution in [3.05, 3.63) is 22.4 Å². The van der Waals surface area contributed by atoms with Gasteiger partial charge in [0.15, 0.2) is 0 Å². The molecule has 0 bridgehead atoms. The fourth-order valence-electron chi connectivity index (χ4n) is 1.80. The third-order valence-electron chi connectivity index (χ3n) is 2.76. The minimum atomic E-state index is -0.863. The summed E-state index contributed by atoms with van der Waals surface area (Å²) in [6.45, 7) is 6.56. The molecule has 1 heterocycles. The van der Waals surface area contributed by atoms with Crippen LogP contribution in [0.25, 0.3) is 0 Å². The van der Waals surface area contributed by atoms with Crippen molar-refractivity contribution in [2.24, 2.45) is 11.8 Å². The highest BCUT2D eigenvalue weighted by Crippen LogP contribution is 2.13. The topological polar surface area (TPSA) is 57.6 Å². The molecule has 106 valence electrons. The van der Waals surface area contributed by atoms with Gasteiger partial charge in [-0.05, 0) is 17.4 Å². The first-order valence-corrected chi connectivity index (χ1v) is 7.31. The summed E-state index contributed by atoms with van der Waals surface area (Å²) in [6, 6.07) is 3.84. The number of carboxylic acid groups (broad SMARTS) is 1. The van der Waals surface area contributed by atoms with Crippen LogP contribution in [-0.4, -0.2) is 35.0 Å². The zero-order valence-electron chi connectivity index (χ0n) is 11.6. The lowest BCUT2D eigenvalue weighted by Crippen LogP contribution is -2.40. The number of nitrogens with zero attached hydrogens (tertiary/aromatic N) is 1. The SMILES string of the molecule is CC(C)CN(CC(C)C(=O)O)C(=O)Cc1cccs1. The Morgan fingerprint density at radius 1 is 1.32 bits per heavy atom. The highest BCUT2D eigenvalue weighted by Gasteiger charge is 2.21. The standard InChI is InChI=1S/C14H21NO3S/c1-10(2)8-15(9-11(3)14(17)18)13(16)7-12-5-4-6-19-12/h4-6,10-11H,7-9H2,1-3H3,(H,17,18). The van der Waals surface area contributed by atoms with E-state index >= 15 is 0 Å². The second kappa shape index (κ2) is 7.28. The molecule has 0 aliphatic rings. The predicted octanol–water partition coefficient (Wildman–Crippen LogP) is 2.50. The summed E-state index contributed by atoms with van der Waals surface area (Å²) in [5.41, 5.74) is 0. The van der Waals surface area contributed by atoms with E-state index in [2.05, 4.69) is 0 Å². The number of carboxylic acids is 1. The Bertz CT molecular complexity index is 414. The molecule has 5 heteroatoms. The van der Waals surface area contributed by atoms with Gasteiger partial charge in [-0.25, -0.2) is 0 Å². The van der Waals surface area contributed by atoms with Crippen LogP contribution in [0.15, 0.2) is 17.5 Å². The van der Waals surface area contributed by atoms with Crippen molar-refractivity contribution < 1.29 is 14.7 Å². The van der Waals surface area contributed by atoms with Crippen LogP contribution in [-0.2, 0) is 16.0 Å². The van der Waals surface area contributed by atoms with Gasteiger partial charge in [0.05, 0.1) is 12.3 Å². The largest absolute Gasteiger partial charge is 0.481 e. The minimum absolute atomic E-state index is 0.00394. The molecule has 1 aromatic rings.